The molecule has 0 amide bonds. The molecule has 1 atom stereocenters. The van der Waals surface area contributed by atoms with Crippen LogP contribution in [0.15, 0.2) is 31.4 Å². The van der Waals surface area contributed by atoms with Crippen LogP contribution in [0.5, 0.6) is 0 Å². The zero-order valence-electron chi connectivity index (χ0n) is 11.4. The summed E-state index contributed by atoms with van der Waals surface area (Å²) in [6, 6.07) is 6.47. The lowest BCUT2D eigenvalue weighted by atomic mass is 9.84. The van der Waals surface area contributed by atoms with Crippen molar-refractivity contribution < 1.29 is 0 Å². The zero-order valence-corrected chi connectivity index (χ0v) is 11.4. The van der Waals surface area contributed by atoms with E-state index in [1.54, 1.807) is 0 Å². The lowest BCUT2D eigenvalue weighted by Gasteiger charge is -2.21. The van der Waals surface area contributed by atoms with Gasteiger partial charge in [-0.15, -0.1) is 0 Å². The second kappa shape index (κ2) is 6.44. The zero-order chi connectivity index (χ0) is 12.8. The molecule has 0 bridgehead atoms. The maximum Gasteiger partial charge on any atom is -0.0155 e. The van der Waals surface area contributed by atoms with Gasteiger partial charge in [-0.2, -0.15) is 0 Å². The highest BCUT2D eigenvalue weighted by Gasteiger charge is 2.15. The fraction of sp³-hybridized carbons (Fsp3) is 0.412. The molecule has 0 aliphatic heterocycles. The van der Waals surface area contributed by atoms with Gasteiger partial charge in [0, 0.05) is 0 Å². The summed E-state index contributed by atoms with van der Waals surface area (Å²) in [5.41, 5.74) is 3.88. The SMILES string of the molecule is C=Cc1cccc(C(CC)CC(C)C)c1C=C. The minimum Gasteiger partial charge on any atom is -0.0984 e. The molecule has 0 fully saturated rings. The van der Waals surface area contributed by atoms with Crippen molar-refractivity contribution in [2.24, 2.45) is 5.92 Å². The molecule has 92 valence electrons. The molecule has 0 N–H and O–H groups in total. The van der Waals surface area contributed by atoms with Crippen LogP contribution >= 0.6 is 0 Å². The molecule has 0 heterocycles. The Kier molecular flexibility index (Phi) is 5.21. The summed E-state index contributed by atoms with van der Waals surface area (Å²) in [4.78, 5) is 0. The van der Waals surface area contributed by atoms with E-state index < -0.39 is 0 Å². The Bertz CT molecular complexity index is 385. The molecule has 0 nitrogen and oxygen atoms in total. The van der Waals surface area contributed by atoms with Crippen molar-refractivity contribution in [2.75, 3.05) is 0 Å². The topological polar surface area (TPSA) is 0 Å². The highest BCUT2D eigenvalue weighted by Crippen LogP contribution is 2.31. The monoisotopic (exact) mass is 228 g/mol. The first kappa shape index (κ1) is 13.8. The van der Waals surface area contributed by atoms with Gasteiger partial charge in [-0.25, -0.2) is 0 Å². The van der Waals surface area contributed by atoms with Gasteiger partial charge in [0.2, 0.25) is 0 Å². The van der Waals surface area contributed by atoms with Gasteiger partial charge in [0.1, 0.15) is 0 Å². The van der Waals surface area contributed by atoms with Crippen LogP contribution in [0.1, 0.15) is 56.2 Å². The van der Waals surface area contributed by atoms with Gasteiger partial charge in [0.15, 0.2) is 0 Å². The molecular formula is C17H24. The predicted octanol–water partition coefficient (Wildman–Crippen LogP) is 5.51. The summed E-state index contributed by atoms with van der Waals surface area (Å²) in [5, 5.41) is 0. The lowest BCUT2D eigenvalue weighted by Crippen LogP contribution is -2.04. The van der Waals surface area contributed by atoms with Gasteiger partial charge in [0.25, 0.3) is 0 Å². The Labute approximate surface area is 106 Å². The lowest BCUT2D eigenvalue weighted by molar-refractivity contribution is 0.489. The molecule has 1 aromatic rings. The molecule has 1 aromatic carbocycles. The summed E-state index contributed by atoms with van der Waals surface area (Å²) >= 11 is 0. The van der Waals surface area contributed by atoms with Crippen molar-refractivity contribution in [3.63, 3.8) is 0 Å². The molecule has 1 unspecified atom stereocenters. The van der Waals surface area contributed by atoms with Gasteiger partial charge < -0.3 is 0 Å². The second-order valence-electron chi connectivity index (χ2n) is 4.99. The number of hydrogen-bond acceptors (Lipinski definition) is 0. The van der Waals surface area contributed by atoms with Gasteiger partial charge in [-0.3, -0.25) is 0 Å². The quantitative estimate of drug-likeness (QED) is 0.602. The van der Waals surface area contributed by atoms with Crippen LogP contribution < -0.4 is 0 Å². The van der Waals surface area contributed by atoms with E-state index >= 15 is 0 Å². The molecule has 0 heteroatoms. The van der Waals surface area contributed by atoms with Crippen LogP contribution in [-0.2, 0) is 0 Å². The minimum atomic E-state index is 0.628. The van der Waals surface area contributed by atoms with Gasteiger partial charge in [-0.1, -0.05) is 64.3 Å². The molecule has 0 saturated carbocycles. The average molecular weight is 228 g/mol. The van der Waals surface area contributed by atoms with E-state index in [0.717, 1.165) is 5.92 Å². The molecule has 0 aromatic heterocycles. The Morgan fingerprint density at radius 3 is 2.35 bits per heavy atom. The van der Waals surface area contributed by atoms with Crippen LogP contribution in [0.25, 0.3) is 12.2 Å². The van der Waals surface area contributed by atoms with Crippen molar-refractivity contribution >= 4 is 12.2 Å². The minimum absolute atomic E-state index is 0.628. The van der Waals surface area contributed by atoms with Crippen molar-refractivity contribution in [2.45, 2.75) is 39.5 Å². The third-order valence-corrected chi connectivity index (χ3v) is 3.29. The van der Waals surface area contributed by atoms with E-state index in [9.17, 15) is 0 Å². The highest BCUT2D eigenvalue weighted by molar-refractivity contribution is 5.66. The molecule has 0 radical (unpaired) electrons. The van der Waals surface area contributed by atoms with Crippen LogP contribution in [0, 0.1) is 5.92 Å². The highest BCUT2D eigenvalue weighted by atomic mass is 14.2. The molecule has 0 spiro atoms. The molecule has 0 aliphatic rings. The number of hydrogen-bond donors (Lipinski definition) is 0. The van der Waals surface area contributed by atoms with Gasteiger partial charge in [-0.05, 0) is 41.4 Å². The van der Waals surface area contributed by atoms with E-state index in [2.05, 4.69) is 52.1 Å². The smallest absolute Gasteiger partial charge is 0.0155 e. The van der Waals surface area contributed by atoms with Crippen LogP contribution in [0.4, 0.5) is 0 Å². The van der Waals surface area contributed by atoms with Crippen LogP contribution in [0.3, 0.4) is 0 Å². The van der Waals surface area contributed by atoms with Crippen molar-refractivity contribution in [3.8, 4) is 0 Å². The molecule has 0 aliphatic carbocycles. The summed E-state index contributed by atoms with van der Waals surface area (Å²) in [5.74, 6) is 1.35. The number of rotatable bonds is 6. The predicted molar refractivity (Wildman–Crippen MR) is 79.1 cm³/mol. The first-order valence-corrected chi connectivity index (χ1v) is 6.51. The van der Waals surface area contributed by atoms with Gasteiger partial charge >= 0.3 is 0 Å². The van der Waals surface area contributed by atoms with Crippen molar-refractivity contribution in [1.29, 1.82) is 0 Å². The number of benzene rings is 1. The van der Waals surface area contributed by atoms with E-state index in [1.807, 2.05) is 12.2 Å². The Morgan fingerprint density at radius 2 is 1.88 bits per heavy atom. The van der Waals surface area contributed by atoms with E-state index in [4.69, 9.17) is 0 Å². The fourth-order valence-corrected chi connectivity index (χ4v) is 2.45. The first-order chi connectivity index (χ1) is 8.13. The van der Waals surface area contributed by atoms with Crippen molar-refractivity contribution in [3.05, 3.63) is 48.0 Å². The normalized spacial score (nSPS) is 12.5. The fourth-order valence-electron chi connectivity index (χ4n) is 2.45. The Morgan fingerprint density at radius 1 is 1.18 bits per heavy atom. The molecule has 1 rings (SSSR count). The van der Waals surface area contributed by atoms with Crippen molar-refractivity contribution in [1.82, 2.24) is 0 Å². The molecular weight excluding hydrogens is 204 g/mol. The summed E-state index contributed by atoms with van der Waals surface area (Å²) in [6.45, 7) is 14.7. The third kappa shape index (κ3) is 3.33. The maximum absolute atomic E-state index is 3.95. The third-order valence-electron chi connectivity index (χ3n) is 3.29. The first-order valence-electron chi connectivity index (χ1n) is 6.51. The standard InChI is InChI=1S/C17H24/c1-6-14-10-9-11-17(16(14)8-3)15(7-2)12-13(4)5/h6,8-11,13,15H,1,3,7,12H2,2,4-5H3. The van der Waals surface area contributed by atoms with Crippen LogP contribution in [0.2, 0.25) is 0 Å². The average Bonchev–Trinajstić information content (AvgIpc) is 2.34. The molecule has 17 heavy (non-hydrogen) atoms. The molecule has 0 saturated heterocycles. The second-order valence-corrected chi connectivity index (χ2v) is 4.99. The maximum atomic E-state index is 3.95. The van der Waals surface area contributed by atoms with E-state index in [-0.39, 0.29) is 0 Å². The Hall–Kier alpha value is -1.30. The summed E-state index contributed by atoms with van der Waals surface area (Å²) in [7, 11) is 0. The Balaban J connectivity index is 3.18. The largest absolute Gasteiger partial charge is 0.0984 e. The summed E-state index contributed by atoms with van der Waals surface area (Å²) in [6.07, 6.45) is 6.30. The summed E-state index contributed by atoms with van der Waals surface area (Å²) < 4.78 is 0. The van der Waals surface area contributed by atoms with Crippen LogP contribution in [-0.4, -0.2) is 0 Å². The van der Waals surface area contributed by atoms with E-state index in [1.165, 1.54) is 29.5 Å². The van der Waals surface area contributed by atoms with E-state index in [0.29, 0.717) is 5.92 Å². The van der Waals surface area contributed by atoms with Gasteiger partial charge in [0.05, 0.1) is 0 Å².